The molecule has 1 heterocycles. The molecule has 114 valence electrons. The molecule has 2 aliphatic rings. The third kappa shape index (κ3) is 3.22. The van der Waals surface area contributed by atoms with Gasteiger partial charge >= 0.3 is 0 Å². The average molecular weight is 285 g/mol. The Labute approximate surface area is 128 Å². The number of rotatable bonds is 2. The number of piperidine rings is 1. The van der Waals surface area contributed by atoms with Crippen LogP contribution in [0.4, 0.5) is 0 Å². The van der Waals surface area contributed by atoms with Crippen molar-refractivity contribution in [1.29, 1.82) is 0 Å². The Morgan fingerprint density at radius 1 is 1.24 bits per heavy atom. The molecule has 0 unspecified atom stereocenters. The van der Waals surface area contributed by atoms with Gasteiger partial charge in [-0.25, -0.2) is 0 Å². The lowest BCUT2D eigenvalue weighted by molar-refractivity contribution is 0.275. The van der Waals surface area contributed by atoms with Crippen molar-refractivity contribution in [3.63, 3.8) is 0 Å². The summed E-state index contributed by atoms with van der Waals surface area (Å²) in [6.45, 7) is 7.62. The maximum atomic E-state index is 6.21. The Morgan fingerprint density at radius 2 is 1.81 bits per heavy atom. The van der Waals surface area contributed by atoms with Crippen LogP contribution in [0.3, 0.4) is 0 Å². The Morgan fingerprint density at radius 3 is 2.38 bits per heavy atom. The van der Waals surface area contributed by atoms with Crippen molar-refractivity contribution in [3.05, 3.63) is 35.4 Å². The van der Waals surface area contributed by atoms with E-state index in [9.17, 15) is 0 Å². The fourth-order valence-corrected chi connectivity index (χ4v) is 3.61. The molecule has 0 aromatic heterocycles. The molecule has 1 aliphatic carbocycles. The van der Waals surface area contributed by atoms with Gasteiger partial charge in [0.15, 0.2) is 5.96 Å². The predicted octanol–water partition coefficient (Wildman–Crippen LogP) is 2.84. The van der Waals surface area contributed by atoms with E-state index >= 15 is 0 Å². The minimum Gasteiger partial charge on any atom is -0.370 e. The standard InChI is InChI=1S/C18H27N3/c1-14-7-9-21(10-8-14)17(19)20-13-18(2)11-15-5-3-4-6-16(15)12-18/h3-6,14H,7-13H2,1-2H3,(H2,19,20). The van der Waals surface area contributed by atoms with Gasteiger partial charge in [0.2, 0.25) is 0 Å². The summed E-state index contributed by atoms with van der Waals surface area (Å²) in [6, 6.07) is 8.77. The van der Waals surface area contributed by atoms with Gasteiger partial charge < -0.3 is 10.6 Å². The zero-order valence-electron chi connectivity index (χ0n) is 13.3. The molecule has 0 radical (unpaired) electrons. The summed E-state index contributed by atoms with van der Waals surface area (Å²) < 4.78 is 0. The van der Waals surface area contributed by atoms with Crippen molar-refractivity contribution >= 4 is 5.96 Å². The second-order valence-electron chi connectivity index (χ2n) is 7.28. The van der Waals surface area contributed by atoms with Crippen LogP contribution in [0.25, 0.3) is 0 Å². The van der Waals surface area contributed by atoms with Gasteiger partial charge in [0.25, 0.3) is 0 Å². The SMILES string of the molecule is CC1CCN(C(N)=NCC2(C)Cc3ccccc3C2)CC1. The molecular weight excluding hydrogens is 258 g/mol. The van der Waals surface area contributed by atoms with Crippen molar-refractivity contribution in [1.82, 2.24) is 4.90 Å². The Bertz CT molecular complexity index is 502. The van der Waals surface area contributed by atoms with Crippen molar-refractivity contribution in [3.8, 4) is 0 Å². The minimum absolute atomic E-state index is 0.234. The Kier molecular flexibility index (Phi) is 3.92. The number of nitrogens with zero attached hydrogens (tertiary/aromatic N) is 2. The third-order valence-corrected chi connectivity index (χ3v) is 5.08. The summed E-state index contributed by atoms with van der Waals surface area (Å²) in [4.78, 5) is 6.99. The molecule has 1 fully saturated rings. The first-order valence-electron chi connectivity index (χ1n) is 8.17. The zero-order chi connectivity index (χ0) is 14.9. The van der Waals surface area contributed by atoms with E-state index in [4.69, 9.17) is 10.7 Å². The lowest BCUT2D eigenvalue weighted by Gasteiger charge is -2.31. The molecule has 0 spiro atoms. The number of nitrogens with two attached hydrogens (primary N) is 1. The predicted molar refractivity (Wildman–Crippen MR) is 88.4 cm³/mol. The van der Waals surface area contributed by atoms with E-state index in [1.54, 1.807) is 0 Å². The summed E-state index contributed by atoms with van der Waals surface area (Å²) in [5.41, 5.74) is 9.42. The van der Waals surface area contributed by atoms with Gasteiger partial charge in [0.05, 0.1) is 0 Å². The fourth-order valence-electron chi connectivity index (χ4n) is 3.61. The first kappa shape index (κ1) is 14.4. The van der Waals surface area contributed by atoms with Crippen LogP contribution in [-0.2, 0) is 12.8 Å². The van der Waals surface area contributed by atoms with Gasteiger partial charge in [-0.2, -0.15) is 0 Å². The lowest BCUT2D eigenvalue weighted by atomic mass is 9.87. The largest absolute Gasteiger partial charge is 0.370 e. The van der Waals surface area contributed by atoms with E-state index in [1.807, 2.05) is 0 Å². The quantitative estimate of drug-likeness (QED) is 0.670. The number of benzene rings is 1. The highest BCUT2D eigenvalue weighted by Gasteiger charge is 2.32. The first-order chi connectivity index (χ1) is 10.1. The number of likely N-dealkylation sites (tertiary alicyclic amines) is 1. The average Bonchev–Trinajstić information content (AvgIpc) is 2.82. The Balaban J connectivity index is 1.61. The van der Waals surface area contributed by atoms with Crippen molar-refractivity contribution in [2.75, 3.05) is 19.6 Å². The molecule has 0 bridgehead atoms. The van der Waals surface area contributed by atoms with E-state index in [0.717, 1.165) is 44.4 Å². The van der Waals surface area contributed by atoms with Crippen LogP contribution in [-0.4, -0.2) is 30.5 Å². The van der Waals surface area contributed by atoms with E-state index in [2.05, 4.69) is 43.0 Å². The second kappa shape index (κ2) is 5.70. The smallest absolute Gasteiger partial charge is 0.191 e. The van der Waals surface area contributed by atoms with Crippen LogP contribution < -0.4 is 5.73 Å². The van der Waals surface area contributed by atoms with Gasteiger partial charge in [-0.15, -0.1) is 0 Å². The summed E-state index contributed by atoms with van der Waals surface area (Å²) >= 11 is 0. The van der Waals surface area contributed by atoms with Gasteiger partial charge in [0.1, 0.15) is 0 Å². The zero-order valence-corrected chi connectivity index (χ0v) is 13.3. The van der Waals surface area contributed by atoms with Gasteiger partial charge in [0, 0.05) is 19.6 Å². The van der Waals surface area contributed by atoms with Gasteiger partial charge in [-0.05, 0) is 48.1 Å². The molecule has 1 aromatic rings. The molecule has 3 heteroatoms. The molecule has 1 saturated heterocycles. The molecule has 3 nitrogen and oxygen atoms in total. The molecule has 0 atom stereocenters. The van der Waals surface area contributed by atoms with Crippen molar-refractivity contribution in [2.45, 2.75) is 39.5 Å². The second-order valence-corrected chi connectivity index (χ2v) is 7.28. The molecule has 1 aliphatic heterocycles. The molecule has 0 saturated carbocycles. The van der Waals surface area contributed by atoms with Gasteiger partial charge in [-0.1, -0.05) is 38.1 Å². The molecule has 0 amide bonds. The number of aliphatic imine (C=N–C) groups is 1. The third-order valence-electron chi connectivity index (χ3n) is 5.08. The lowest BCUT2D eigenvalue weighted by Crippen LogP contribution is -2.43. The number of hydrogen-bond donors (Lipinski definition) is 1. The first-order valence-corrected chi connectivity index (χ1v) is 8.17. The summed E-state index contributed by atoms with van der Waals surface area (Å²) in [6.07, 6.45) is 4.71. The van der Waals surface area contributed by atoms with Crippen LogP contribution in [0.5, 0.6) is 0 Å². The highest BCUT2D eigenvalue weighted by atomic mass is 15.3. The molecular formula is C18H27N3. The van der Waals surface area contributed by atoms with Crippen LogP contribution >= 0.6 is 0 Å². The normalized spacial score (nSPS) is 22.4. The monoisotopic (exact) mass is 285 g/mol. The maximum Gasteiger partial charge on any atom is 0.191 e. The van der Waals surface area contributed by atoms with Crippen LogP contribution in [0.1, 0.15) is 37.8 Å². The molecule has 21 heavy (non-hydrogen) atoms. The topological polar surface area (TPSA) is 41.6 Å². The van der Waals surface area contributed by atoms with Crippen LogP contribution in [0, 0.1) is 11.3 Å². The number of guanidine groups is 1. The fraction of sp³-hybridized carbons (Fsp3) is 0.611. The maximum absolute atomic E-state index is 6.21. The molecule has 1 aromatic carbocycles. The highest BCUT2D eigenvalue weighted by Crippen LogP contribution is 2.36. The Hall–Kier alpha value is -1.51. The van der Waals surface area contributed by atoms with E-state index < -0.39 is 0 Å². The van der Waals surface area contributed by atoms with E-state index in [1.165, 1.54) is 24.0 Å². The number of hydrogen-bond acceptors (Lipinski definition) is 1. The van der Waals surface area contributed by atoms with E-state index in [-0.39, 0.29) is 5.41 Å². The van der Waals surface area contributed by atoms with E-state index in [0.29, 0.717) is 0 Å². The highest BCUT2D eigenvalue weighted by molar-refractivity contribution is 5.78. The van der Waals surface area contributed by atoms with Gasteiger partial charge in [-0.3, -0.25) is 4.99 Å². The molecule has 2 N–H and O–H groups in total. The summed E-state index contributed by atoms with van der Waals surface area (Å²) in [5.74, 6) is 1.58. The van der Waals surface area contributed by atoms with Crippen LogP contribution in [0.15, 0.2) is 29.3 Å². The van der Waals surface area contributed by atoms with Crippen molar-refractivity contribution < 1.29 is 0 Å². The van der Waals surface area contributed by atoms with Crippen LogP contribution in [0.2, 0.25) is 0 Å². The minimum atomic E-state index is 0.234. The van der Waals surface area contributed by atoms with Crippen molar-refractivity contribution in [2.24, 2.45) is 22.1 Å². The molecule has 3 rings (SSSR count). The summed E-state index contributed by atoms with van der Waals surface area (Å²) in [7, 11) is 0. The number of fused-ring (bicyclic) bond motifs is 1. The summed E-state index contributed by atoms with van der Waals surface area (Å²) in [5, 5.41) is 0.